The minimum Gasteiger partial charge on any atom is -0.322 e. The van der Waals surface area contributed by atoms with Gasteiger partial charge in [0.1, 0.15) is 0 Å². The Morgan fingerprint density at radius 3 is 2.58 bits per heavy atom. The Morgan fingerprint density at radius 2 is 1.92 bits per heavy atom. The number of para-hydroxylation sites is 1. The lowest BCUT2D eigenvalue weighted by Gasteiger charge is -2.34. The number of halogens is 1. The molecule has 1 N–H and O–H groups in total. The Kier molecular flexibility index (Phi) is 5.76. The number of hydrogen-bond acceptors (Lipinski definition) is 3. The molecule has 1 aromatic heterocycles. The smallest absolute Gasteiger partial charge is 0.321 e. The number of piperazine rings is 1. The topological polar surface area (TPSA) is 35.6 Å². The lowest BCUT2D eigenvalue weighted by molar-refractivity contribution is 0.143. The lowest BCUT2D eigenvalue weighted by Crippen LogP contribution is -2.49. The molecule has 0 saturated carbocycles. The second-order valence-electron chi connectivity index (χ2n) is 5.91. The van der Waals surface area contributed by atoms with Crippen molar-refractivity contribution in [1.82, 2.24) is 9.80 Å². The summed E-state index contributed by atoms with van der Waals surface area (Å²) >= 11 is 7.61. The maximum absolute atomic E-state index is 12.5. The molecule has 4 nitrogen and oxygen atoms in total. The van der Waals surface area contributed by atoms with Crippen molar-refractivity contribution in [1.29, 1.82) is 0 Å². The van der Waals surface area contributed by atoms with E-state index in [9.17, 15) is 4.79 Å². The van der Waals surface area contributed by atoms with Crippen molar-refractivity contribution >= 4 is 34.7 Å². The third-order valence-corrected chi connectivity index (χ3v) is 5.52. The van der Waals surface area contributed by atoms with E-state index in [1.54, 1.807) is 11.3 Å². The van der Waals surface area contributed by atoms with E-state index in [4.69, 9.17) is 11.6 Å². The van der Waals surface area contributed by atoms with Gasteiger partial charge in [0.25, 0.3) is 0 Å². The molecule has 0 atom stereocenters. The highest BCUT2D eigenvalue weighted by Crippen LogP contribution is 2.23. The van der Waals surface area contributed by atoms with Crippen molar-refractivity contribution in [2.45, 2.75) is 19.9 Å². The first kappa shape index (κ1) is 17.3. The Hall–Kier alpha value is -1.56. The summed E-state index contributed by atoms with van der Waals surface area (Å²) in [7, 11) is 0. The third kappa shape index (κ3) is 4.29. The highest BCUT2D eigenvalue weighted by molar-refractivity contribution is 7.16. The molecule has 6 heteroatoms. The maximum atomic E-state index is 12.5. The van der Waals surface area contributed by atoms with Gasteiger partial charge in [0.15, 0.2) is 0 Å². The van der Waals surface area contributed by atoms with Gasteiger partial charge >= 0.3 is 6.03 Å². The van der Waals surface area contributed by atoms with Crippen LogP contribution in [0.5, 0.6) is 0 Å². The SMILES string of the molecule is CCc1ccccc1NC(=O)N1CCN(Cc2ccc(Cl)s2)CC1. The number of nitrogens with zero attached hydrogens (tertiary/aromatic N) is 2. The fraction of sp³-hybridized carbons (Fsp3) is 0.389. The molecule has 1 aromatic carbocycles. The predicted molar refractivity (Wildman–Crippen MR) is 101 cm³/mol. The molecular weight excluding hydrogens is 342 g/mol. The molecule has 2 amide bonds. The van der Waals surface area contributed by atoms with Gasteiger partial charge in [-0.15, -0.1) is 11.3 Å². The van der Waals surface area contributed by atoms with E-state index in [1.807, 2.05) is 29.2 Å². The van der Waals surface area contributed by atoms with Gasteiger partial charge in [-0.3, -0.25) is 4.90 Å². The molecule has 3 rings (SSSR count). The van der Waals surface area contributed by atoms with Gasteiger partial charge in [-0.2, -0.15) is 0 Å². The molecule has 2 heterocycles. The monoisotopic (exact) mass is 363 g/mol. The summed E-state index contributed by atoms with van der Waals surface area (Å²) in [6.07, 6.45) is 0.910. The summed E-state index contributed by atoms with van der Waals surface area (Å²) in [5.74, 6) is 0. The van der Waals surface area contributed by atoms with Crippen molar-refractivity contribution in [3.05, 3.63) is 51.2 Å². The number of thiophene rings is 1. The molecule has 1 aliphatic heterocycles. The van der Waals surface area contributed by atoms with E-state index in [2.05, 4.69) is 29.3 Å². The highest BCUT2D eigenvalue weighted by atomic mass is 35.5. The predicted octanol–water partition coefficient (Wildman–Crippen LogP) is 4.31. The second kappa shape index (κ2) is 8.01. The number of anilines is 1. The number of carbonyl (C=O) groups excluding carboxylic acids is 1. The largest absolute Gasteiger partial charge is 0.322 e. The Labute approximate surface area is 152 Å². The van der Waals surface area contributed by atoms with Crippen LogP contribution in [0.1, 0.15) is 17.4 Å². The summed E-state index contributed by atoms with van der Waals surface area (Å²) in [5, 5.41) is 3.05. The lowest BCUT2D eigenvalue weighted by atomic mass is 10.1. The van der Waals surface area contributed by atoms with Crippen LogP contribution in [0.25, 0.3) is 0 Å². The van der Waals surface area contributed by atoms with Gasteiger partial charge < -0.3 is 10.2 Å². The van der Waals surface area contributed by atoms with E-state index in [-0.39, 0.29) is 6.03 Å². The number of carbonyl (C=O) groups is 1. The van der Waals surface area contributed by atoms with Gasteiger partial charge in [0.05, 0.1) is 4.34 Å². The minimum atomic E-state index is -0.00489. The summed E-state index contributed by atoms with van der Waals surface area (Å²) < 4.78 is 0.831. The standard InChI is InChI=1S/C18H22ClN3OS/c1-2-14-5-3-4-6-16(14)20-18(23)22-11-9-21(10-12-22)13-15-7-8-17(19)24-15/h3-8H,2,9-13H2,1H3,(H,20,23). The molecule has 0 spiro atoms. The average molecular weight is 364 g/mol. The van der Waals surface area contributed by atoms with Crippen LogP contribution in [0.15, 0.2) is 36.4 Å². The number of hydrogen-bond donors (Lipinski definition) is 1. The molecule has 1 fully saturated rings. The molecule has 1 aliphatic rings. The van der Waals surface area contributed by atoms with Crippen LogP contribution in [-0.4, -0.2) is 42.0 Å². The molecule has 0 bridgehead atoms. The number of nitrogens with one attached hydrogen (secondary N) is 1. The quantitative estimate of drug-likeness (QED) is 0.878. The summed E-state index contributed by atoms with van der Waals surface area (Å²) in [6.45, 7) is 6.28. The summed E-state index contributed by atoms with van der Waals surface area (Å²) in [5.41, 5.74) is 2.08. The van der Waals surface area contributed by atoms with Gasteiger partial charge in [-0.05, 0) is 30.2 Å². The first-order valence-corrected chi connectivity index (χ1v) is 9.45. The number of benzene rings is 1. The Balaban J connectivity index is 1.51. The van der Waals surface area contributed by atoms with Crippen LogP contribution in [0.2, 0.25) is 4.34 Å². The second-order valence-corrected chi connectivity index (χ2v) is 7.71. The molecule has 0 aliphatic carbocycles. The van der Waals surface area contributed by atoms with E-state index < -0.39 is 0 Å². The first-order valence-electron chi connectivity index (χ1n) is 8.26. The first-order chi connectivity index (χ1) is 11.7. The Bertz CT molecular complexity index is 695. The van der Waals surface area contributed by atoms with E-state index in [0.717, 1.165) is 49.2 Å². The normalized spacial score (nSPS) is 15.5. The molecule has 1 saturated heterocycles. The third-order valence-electron chi connectivity index (χ3n) is 4.31. The minimum absolute atomic E-state index is 0.00489. The van der Waals surface area contributed by atoms with Crippen molar-refractivity contribution in [2.75, 3.05) is 31.5 Å². The van der Waals surface area contributed by atoms with E-state index in [1.165, 1.54) is 10.4 Å². The highest BCUT2D eigenvalue weighted by Gasteiger charge is 2.21. The van der Waals surface area contributed by atoms with Crippen molar-refractivity contribution < 1.29 is 4.79 Å². The molecule has 24 heavy (non-hydrogen) atoms. The molecule has 2 aromatic rings. The zero-order chi connectivity index (χ0) is 16.9. The summed E-state index contributed by atoms with van der Waals surface area (Å²) in [4.78, 5) is 18.0. The van der Waals surface area contributed by atoms with Crippen LogP contribution >= 0.6 is 22.9 Å². The summed E-state index contributed by atoms with van der Waals surface area (Å²) in [6, 6.07) is 12.0. The van der Waals surface area contributed by atoms with Gasteiger partial charge in [-0.25, -0.2) is 4.79 Å². The average Bonchev–Trinajstić information content (AvgIpc) is 3.01. The van der Waals surface area contributed by atoms with Crippen molar-refractivity contribution in [3.63, 3.8) is 0 Å². The number of amides is 2. The van der Waals surface area contributed by atoms with Crippen molar-refractivity contribution in [3.8, 4) is 0 Å². The number of rotatable bonds is 4. The van der Waals surface area contributed by atoms with Crippen LogP contribution in [0.4, 0.5) is 10.5 Å². The molecule has 0 radical (unpaired) electrons. The Morgan fingerprint density at radius 1 is 1.17 bits per heavy atom. The van der Waals surface area contributed by atoms with Crippen LogP contribution in [-0.2, 0) is 13.0 Å². The fourth-order valence-electron chi connectivity index (χ4n) is 2.91. The van der Waals surface area contributed by atoms with Gasteiger partial charge in [0, 0.05) is 43.3 Å². The maximum Gasteiger partial charge on any atom is 0.321 e. The molecular formula is C18H22ClN3OS. The zero-order valence-corrected chi connectivity index (χ0v) is 15.4. The molecule has 128 valence electrons. The van der Waals surface area contributed by atoms with Crippen molar-refractivity contribution in [2.24, 2.45) is 0 Å². The van der Waals surface area contributed by atoms with Crippen LogP contribution < -0.4 is 5.32 Å². The van der Waals surface area contributed by atoms with E-state index >= 15 is 0 Å². The zero-order valence-electron chi connectivity index (χ0n) is 13.8. The number of aryl methyl sites for hydroxylation is 1. The fourth-order valence-corrected chi connectivity index (χ4v) is 4.04. The van der Waals surface area contributed by atoms with Gasteiger partial charge in [-0.1, -0.05) is 36.7 Å². The number of urea groups is 1. The molecule has 0 unspecified atom stereocenters. The van der Waals surface area contributed by atoms with E-state index in [0.29, 0.717) is 0 Å². The van der Waals surface area contributed by atoms with Crippen LogP contribution in [0.3, 0.4) is 0 Å². The van der Waals surface area contributed by atoms with Crippen LogP contribution in [0, 0.1) is 0 Å². The van der Waals surface area contributed by atoms with Gasteiger partial charge in [0.2, 0.25) is 0 Å².